The summed E-state index contributed by atoms with van der Waals surface area (Å²) in [7, 11) is 0. The smallest absolute Gasteiger partial charge is 0.224 e. The van der Waals surface area contributed by atoms with Crippen molar-refractivity contribution in [3.63, 3.8) is 0 Å². The first-order valence-corrected chi connectivity index (χ1v) is 13.2. The van der Waals surface area contributed by atoms with Crippen molar-refractivity contribution in [3.05, 3.63) is 12.3 Å². The summed E-state index contributed by atoms with van der Waals surface area (Å²) in [6, 6.07) is 3.93. The van der Waals surface area contributed by atoms with Crippen molar-refractivity contribution in [1.29, 1.82) is 0 Å². The van der Waals surface area contributed by atoms with E-state index in [-0.39, 0.29) is 0 Å². The molecule has 1 aliphatic carbocycles. The minimum Gasteiger partial charge on any atom is -0.356 e. The van der Waals surface area contributed by atoms with Crippen LogP contribution in [0, 0.1) is 0 Å². The maximum atomic E-state index is 5.74. The highest BCUT2D eigenvalue weighted by atomic mass is 15.3. The van der Waals surface area contributed by atoms with Gasteiger partial charge >= 0.3 is 0 Å². The average molecular weight is 429 g/mol. The predicted molar refractivity (Wildman–Crippen MR) is 130 cm³/mol. The molecule has 4 rings (SSSR count). The fraction of sp³-hybridized carbons (Fsp3) is 0.840. The zero-order valence-electron chi connectivity index (χ0n) is 19.5. The maximum Gasteiger partial charge on any atom is 0.224 e. The van der Waals surface area contributed by atoms with Crippen molar-refractivity contribution < 1.29 is 0 Å². The fourth-order valence-electron chi connectivity index (χ4n) is 6.01. The van der Waals surface area contributed by atoms with Crippen LogP contribution in [0.4, 0.5) is 11.8 Å². The molecule has 0 unspecified atom stereocenters. The van der Waals surface area contributed by atoms with Gasteiger partial charge in [0, 0.05) is 44.0 Å². The second-order valence-corrected chi connectivity index (χ2v) is 9.91. The summed E-state index contributed by atoms with van der Waals surface area (Å²) in [4.78, 5) is 14.9. The van der Waals surface area contributed by atoms with Gasteiger partial charge in [0.05, 0.1) is 0 Å². The molecule has 0 radical (unpaired) electrons. The molecule has 2 saturated heterocycles. The minimum atomic E-state index is 0.458. The first kappa shape index (κ1) is 22.8. The van der Waals surface area contributed by atoms with E-state index in [0.29, 0.717) is 12.1 Å². The fourth-order valence-corrected chi connectivity index (χ4v) is 6.01. The highest BCUT2D eigenvalue weighted by molar-refractivity contribution is 5.43. The average Bonchev–Trinajstić information content (AvgIpc) is 3.01. The number of hydrogen-bond acceptors (Lipinski definition) is 6. The monoisotopic (exact) mass is 428 g/mol. The molecule has 0 spiro atoms. The van der Waals surface area contributed by atoms with E-state index in [0.717, 1.165) is 43.9 Å². The van der Waals surface area contributed by atoms with Gasteiger partial charge in [0.1, 0.15) is 5.82 Å². The highest BCUT2D eigenvalue weighted by Gasteiger charge is 2.38. The molecule has 3 fully saturated rings. The summed E-state index contributed by atoms with van der Waals surface area (Å²) in [5.74, 6) is 1.92. The van der Waals surface area contributed by atoms with Crippen molar-refractivity contribution >= 4 is 11.8 Å². The van der Waals surface area contributed by atoms with Crippen molar-refractivity contribution in [2.24, 2.45) is 5.73 Å². The molecule has 6 nitrogen and oxygen atoms in total. The summed E-state index contributed by atoms with van der Waals surface area (Å²) < 4.78 is 0. The Morgan fingerprint density at radius 3 is 2.45 bits per heavy atom. The number of aromatic nitrogens is 2. The van der Waals surface area contributed by atoms with Crippen molar-refractivity contribution in [2.75, 3.05) is 36.4 Å². The van der Waals surface area contributed by atoms with E-state index in [1.54, 1.807) is 0 Å². The predicted octanol–water partition coefficient (Wildman–Crippen LogP) is 4.56. The van der Waals surface area contributed by atoms with Crippen molar-refractivity contribution in [3.8, 4) is 0 Å². The molecule has 31 heavy (non-hydrogen) atoms. The Bertz CT molecular complexity index is 639. The van der Waals surface area contributed by atoms with Crippen molar-refractivity contribution in [1.82, 2.24) is 14.9 Å². The Hall–Kier alpha value is -1.40. The number of nitrogens with zero attached hydrogens (tertiary/aromatic N) is 4. The van der Waals surface area contributed by atoms with Crippen LogP contribution in [0.1, 0.15) is 89.9 Å². The Balaban J connectivity index is 1.42. The van der Waals surface area contributed by atoms with Gasteiger partial charge in [-0.25, -0.2) is 4.98 Å². The summed E-state index contributed by atoms with van der Waals surface area (Å²) in [5, 5.41) is 3.78. The summed E-state index contributed by atoms with van der Waals surface area (Å²) in [6.45, 7) is 4.28. The van der Waals surface area contributed by atoms with Gasteiger partial charge in [0.15, 0.2) is 0 Å². The van der Waals surface area contributed by atoms with Gasteiger partial charge in [0.2, 0.25) is 5.95 Å². The molecule has 0 bridgehead atoms. The number of nitrogens with one attached hydrogen (secondary N) is 1. The zero-order valence-corrected chi connectivity index (χ0v) is 19.5. The number of likely N-dealkylation sites (tertiary alicyclic amines) is 1. The second kappa shape index (κ2) is 12.0. The van der Waals surface area contributed by atoms with E-state index in [2.05, 4.69) is 26.2 Å². The van der Waals surface area contributed by atoms with E-state index < -0.39 is 0 Å². The third-order valence-corrected chi connectivity index (χ3v) is 7.72. The highest BCUT2D eigenvalue weighted by Crippen LogP contribution is 2.33. The van der Waals surface area contributed by atoms with Crippen LogP contribution >= 0.6 is 0 Å². The van der Waals surface area contributed by atoms with Crippen LogP contribution in [-0.2, 0) is 0 Å². The van der Waals surface area contributed by atoms with Gasteiger partial charge in [-0.05, 0) is 57.6 Å². The molecule has 1 aromatic rings. The standard InChI is InChI=1S/C25H44N6/c26-16-8-4-7-13-23-22(15-20-31(23)21-11-5-3-6-12-21)28-25-27-17-14-24(29-25)30-18-9-1-2-10-19-30/h14,17,21-23H,1-13,15-16,18-20,26H2,(H,27,28,29)/t22-,23+/m0/s1. The SMILES string of the molecule is NCCCCC[C@@H]1[C@@H](Nc2nccc(N3CCCCCC3)n2)CCN1C1CCCCC1. The van der Waals surface area contributed by atoms with Gasteiger partial charge in [-0.1, -0.05) is 44.9 Å². The largest absolute Gasteiger partial charge is 0.356 e. The molecule has 174 valence electrons. The zero-order chi connectivity index (χ0) is 21.3. The van der Waals surface area contributed by atoms with Gasteiger partial charge < -0.3 is 16.0 Å². The van der Waals surface area contributed by atoms with Gasteiger partial charge in [-0.15, -0.1) is 0 Å². The summed E-state index contributed by atoms with van der Waals surface area (Å²) in [5.41, 5.74) is 5.74. The Labute approximate surface area is 189 Å². The van der Waals surface area contributed by atoms with Crippen LogP contribution in [-0.4, -0.2) is 59.2 Å². The van der Waals surface area contributed by atoms with Crippen LogP contribution in [0.25, 0.3) is 0 Å². The quantitative estimate of drug-likeness (QED) is 0.562. The number of nitrogens with two attached hydrogens (primary N) is 1. The van der Waals surface area contributed by atoms with E-state index in [1.165, 1.54) is 90.0 Å². The second-order valence-electron chi connectivity index (χ2n) is 9.91. The maximum absolute atomic E-state index is 5.74. The lowest BCUT2D eigenvalue weighted by molar-refractivity contribution is 0.132. The molecular weight excluding hydrogens is 384 g/mol. The molecule has 6 heteroatoms. The van der Waals surface area contributed by atoms with Gasteiger partial charge in [-0.2, -0.15) is 4.98 Å². The summed E-state index contributed by atoms with van der Waals surface area (Å²) in [6.07, 6.45) is 20.3. The lowest BCUT2D eigenvalue weighted by atomic mass is 9.92. The van der Waals surface area contributed by atoms with Crippen LogP contribution in [0.5, 0.6) is 0 Å². The van der Waals surface area contributed by atoms with Gasteiger partial charge in [-0.3, -0.25) is 4.90 Å². The first-order chi connectivity index (χ1) is 15.3. The Kier molecular flexibility index (Phi) is 8.82. The first-order valence-electron chi connectivity index (χ1n) is 13.2. The number of unbranched alkanes of at least 4 members (excludes halogenated alkanes) is 2. The van der Waals surface area contributed by atoms with Gasteiger partial charge in [0.25, 0.3) is 0 Å². The molecule has 1 aromatic heterocycles. The van der Waals surface area contributed by atoms with E-state index >= 15 is 0 Å². The Morgan fingerprint density at radius 2 is 1.68 bits per heavy atom. The number of anilines is 2. The van der Waals surface area contributed by atoms with Crippen LogP contribution in [0.2, 0.25) is 0 Å². The van der Waals surface area contributed by atoms with Crippen LogP contribution in [0.15, 0.2) is 12.3 Å². The molecule has 3 heterocycles. The molecule has 1 saturated carbocycles. The topological polar surface area (TPSA) is 70.3 Å². The molecule has 3 aliphatic rings. The van der Waals surface area contributed by atoms with Crippen LogP contribution < -0.4 is 16.0 Å². The number of rotatable bonds is 9. The van der Waals surface area contributed by atoms with Crippen LogP contribution in [0.3, 0.4) is 0 Å². The molecule has 2 atom stereocenters. The number of hydrogen-bond donors (Lipinski definition) is 2. The molecule has 3 N–H and O–H groups in total. The van der Waals surface area contributed by atoms with E-state index in [1.807, 2.05) is 6.20 Å². The van der Waals surface area contributed by atoms with Crippen molar-refractivity contribution in [2.45, 2.75) is 108 Å². The Morgan fingerprint density at radius 1 is 0.903 bits per heavy atom. The lowest BCUT2D eigenvalue weighted by Crippen LogP contribution is -2.45. The third kappa shape index (κ3) is 6.32. The molecule has 0 amide bonds. The minimum absolute atomic E-state index is 0.458. The molecular formula is C25H44N6. The van der Waals surface area contributed by atoms with E-state index in [4.69, 9.17) is 10.7 Å². The molecule has 0 aromatic carbocycles. The lowest BCUT2D eigenvalue weighted by Gasteiger charge is -2.37. The normalized spacial score (nSPS) is 26.2. The summed E-state index contributed by atoms with van der Waals surface area (Å²) >= 11 is 0. The molecule has 2 aliphatic heterocycles. The van der Waals surface area contributed by atoms with E-state index in [9.17, 15) is 0 Å². The third-order valence-electron chi connectivity index (χ3n) is 7.72.